The molecule has 1 saturated heterocycles. The first-order chi connectivity index (χ1) is 9.04. The van der Waals surface area contributed by atoms with Crippen molar-refractivity contribution in [1.82, 2.24) is 4.90 Å². The first-order valence-corrected chi connectivity index (χ1v) is 7.33. The molecule has 2 rings (SSSR count). The molecular weight excluding hydrogens is 321 g/mol. The maximum Gasteiger partial charge on any atom is 0.266 e. The highest BCUT2D eigenvalue weighted by atomic mass is 35.5. The average Bonchev–Trinajstić information content (AvgIpc) is 2.63. The summed E-state index contributed by atoms with van der Waals surface area (Å²) in [6, 6.07) is 5.28. The van der Waals surface area contributed by atoms with Crippen LogP contribution >= 0.6 is 47.2 Å². The van der Waals surface area contributed by atoms with Crippen LogP contribution < -0.4 is 0 Å². The van der Waals surface area contributed by atoms with E-state index in [0.29, 0.717) is 31.4 Å². The average molecular weight is 330 g/mol. The number of thioether (sulfide) groups is 1. The standard InChI is InChI=1S/C13H9Cl2NOS2/c1-2-6-16-12(17)10(19-13(16)18)7-8-4-3-5-9(14)11(8)15/h2-5,7H,1,6H2/b10-7-. The number of nitrogens with zero attached hydrogens (tertiary/aromatic N) is 1. The van der Waals surface area contributed by atoms with Crippen LogP contribution in [0, 0.1) is 0 Å². The Morgan fingerprint density at radius 1 is 1.42 bits per heavy atom. The zero-order valence-corrected chi connectivity index (χ0v) is 12.9. The summed E-state index contributed by atoms with van der Waals surface area (Å²) in [6.45, 7) is 4.02. The number of hydrogen-bond acceptors (Lipinski definition) is 3. The molecule has 0 radical (unpaired) electrons. The van der Waals surface area contributed by atoms with Crippen LogP contribution in [0.25, 0.3) is 6.08 Å². The first kappa shape index (κ1) is 14.6. The van der Waals surface area contributed by atoms with Gasteiger partial charge in [-0.15, -0.1) is 6.58 Å². The minimum atomic E-state index is -0.133. The van der Waals surface area contributed by atoms with E-state index in [4.69, 9.17) is 35.4 Å². The van der Waals surface area contributed by atoms with Crippen molar-refractivity contribution < 1.29 is 4.79 Å². The Morgan fingerprint density at radius 2 is 2.16 bits per heavy atom. The van der Waals surface area contributed by atoms with Crippen molar-refractivity contribution in [3.63, 3.8) is 0 Å². The van der Waals surface area contributed by atoms with Crippen LogP contribution in [0.3, 0.4) is 0 Å². The number of carbonyl (C=O) groups excluding carboxylic acids is 1. The molecule has 0 N–H and O–H groups in total. The van der Waals surface area contributed by atoms with Crippen LogP contribution in [0.15, 0.2) is 35.8 Å². The number of rotatable bonds is 3. The Kier molecular flexibility index (Phi) is 4.68. The van der Waals surface area contributed by atoms with E-state index in [2.05, 4.69) is 6.58 Å². The number of amides is 1. The van der Waals surface area contributed by atoms with Crippen molar-refractivity contribution in [2.45, 2.75) is 0 Å². The molecule has 0 unspecified atom stereocenters. The summed E-state index contributed by atoms with van der Waals surface area (Å²) < 4.78 is 0.523. The molecule has 2 nitrogen and oxygen atoms in total. The summed E-state index contributed by atoms with van der Waals surface area (Å²) in [5.41, 5.74) is 0.702. The SMILES string of the molecule is C=CCN1C(=O)/C(=C/c2cccc(Cl)c2Cl)SC1=S. The van der Waals surface area contributed by atoms with Gasteiger partial charge in [0.15, 0.2) is 0 Å². The lowest BCUT2D eigenvalue weighted by molar-refractivity contribution is -0.121. The van der Waals surface area contributed by atoms with Crippen LogP contribution in [0.5, 0.6) is 0 Å². The maximum absolute atomic E-state index is 12.1. The molecule has 0 bridgehead atoms. The molecule has 98 valence electrons. The molecule has 1 fully saturated rings. The van der Waals surface area contributed by atoms with E-state index in [9.17, 15) is 4.79 Å². The van der Waals surface area contributed by atoms with Gasteiger partial charge in [-0.2, -0.15) is 0 Å². The molecule has 0 spiro atoms. The molecule has 1 amide bonds. The van der Waals surface area contributed by atoms with Crippen LogP contribution in [-0.2, 0) is 4.79 Å². The predicted octanol–water partition coefficient (Wildman–Crippen LogP) is 4.38. The lowest BCUT2D eigenvalue weighted by Crippen LogP contribution is -2.27. The molecular formula is C13H9Cl2NOS2. The molecule has 19 heavy (non-hydrogen) atoms. The lowest BCUT2D eigenvalue weighted by Gasteiger charge is -2.10. The number of benzene rings is 1. The Morgan fingerprint density at radius 3 is 2.84 bits per heavy atom. The summed E-state index contributed by atoms with van der Waals surface area (Å²) in [7, 11) is 0. The smallest absolute Gasteiger partial charge is 0.266 e. The van der Waals surface area contributed by atoms with Crippen molar-refractivity contribution in [3.8, 4) is 0 Å². The van der Waals surface area contributed by atoms with Crippen molar-refractivity contribution in [1.29, 1.82) is 0 Å². The molecule has 1 aliphatic heterocycles. The fourth-order valence-electron chi connectivity index (χ4n) is 1.56. The van der Waals surface area contributed by atoms with Crippen LogP contribution in [0.4, 0.5) is 0 Å². The van der Waals surface area contributed by atoms with Crippen molar-refractivity contribution in [2.24, 2.45) is 0 Å². The summed E-state index contributed by atoms with van der Waals surface area (Å²) >= 11 is 18.4. The Hall–Kier alpha value is -0.810. The third-order valence-electron chi connectivity index (χ3n) is 2.45. The topological polar surface area (TPSA) is 20.3 Å². The molecule has 0 saturated carbocycles. The molecule has 6 heteroatoms. The summed E-state index contributed by atoms with van der Waals surface area (Å²) in [4.78, 5) is 14.2. The van der Waals surface area contributed by atoms with Gasteiger partial charge >= 0.3 is 0 Å². The van der Waals surface area contributed by atoms with Crippen molar-refractivity contribution in [2.75, 3.05) is 6.54 Å². The minimum absolute atomic E-state index is 0.133. The molecule has 1 aromatic carbocycles. The van der Waals surface area contributed by atoms with Crippen LogP contribution in [-0.4, -0.2) is 21.7 Å². The van der Waals surface area contributed by atoms with Gasteiger partial charge in [0.1, 0.15) is 4.32 Å². The van der Waals surface area contributed by atoms with Gasteiger partial charge in [0.25, 0.3) is 5.91 Å². The Balaban J connectivity index is 2.35. The number of thiocarbonyl (C=S) groups is 1. The molecule has 1 aromatic rings. The van der Waals surface area contributed by atoms with Gasteiger partial charge in [-0.1, -0.05) is 65.4 Å². The van der Waals surface area contributed by atoms with Gasteiger partial charge < -0.3 is 0 Å². The van der Waals surface area contributed by atoms with Crippen molar-refractivity contribution in [3.05, 3.63) is 51.4 Å². The van der Waals surface area contributed by atoms with E-state index < -0.39 is 0 Å². The fourth-order valence-corrected chi connectivity index (χ4v) is 3.19. The highest BCUT2D eigenvalue weighted by Crippen LogP contribution is 2.35. The zero-order chi connectivity index (χ0) is 14.0. The highest BCUT2D eigenvalue weighted by Gasteiger charge is 2.31. The van der Waals surface area contributed by atoms with Crippen LogP contribution in [0.1, 0.15) is 5.56 Å². The van der Waals surface area contributed by atoms with E-state index in [0.717, 1.165) is 0 Å². The van der Waals surface area contributed by atoms with Gasteiger partial charge in [-0.3, -0.25) is 9.69 Å². The molecule has 0 aliphatic carbocycles. The van der Waals surface area contributed by atoms with Gasteiger partial charge in [-0.05, 0) is 17.7 Å². The third-order valence-corrected chi connectivity index (χ3v) is 4.66. The maximum atomic E-state index is 12.1. The first-order valence-electron chi connectivity index (χ1n) is 5.35. The normalized spacial score (nSPS) is 17.4. The summed E-state index contributed by atoms with van der Waals surface area (Å²) in [5, 5.41) is 0.884. The van der Waals surface area contributed by atoms with E-state index in [-0.39, 0.29) is 5.91 Å². The quantitative estimate of drug-likeness (QED) is 0.466. The van der Waals surface area contributed by atoms with E-state index in [1.807, 2.05) is 0 Å². The highest BCUT2D eigenvalue weighted by molar-refractivity contribution is 8.26. The summed E-state index contributed by atoms with van der Waals surface area (Å²) in [5.74, 6) is -0.133. The van der Waals surface area contributed by atoms with Gasteiger partial charge in [-0.25, -0.2) is 0 Å². The van der Waals surface area contributed by atoms with Gasteiger partial charge in [0.2, 0.25) is 0 Å². The largest absolute Gasteiger partial charge is 0.289 e. The van der Waals surface area contributed by atoms with Gasteiger partial charge in [0, 0.05) is 6.54 Å². The van der Waals surface area contributed by atoms with E-state index in [1.165, 1.54) is 16.7 Å². The number of hydrogen-bond donors (Lipinski definition) is 0. The van der Waals surface area contributed by atoms with Gasteiger partial charge in [0.05, 0.1) is 15.0 Å². The Labute approximate surface area is 131 Å². The molecule has 0 atom stereocenters. The second-order valence-electron chi connectivity index (χ2n) is 3.72. The second kappa shape index (κ2) is 6.09. The molecule has 1 heterocycles. The summed E-state index contributed by atoms with van der Waals surface area (Å²) in [6.07, 6.45) is 3.34. The zero-order valence-electron chi connectivity index (χ0n) is 9.73. The second-order valence-corrected chi connectivity index (χ2v) is 6.18. The van der Waals surface area contributed by atoms with Crippen LogP contribution in [0.2, 0.25) is 10.0 Å². The predicted molar refractivity (Wildman–Crippen MR) is 86.5 cm³/mol. The van der Waals surface area contributed by atoms with E-state index >= 15 is 0 Å². The third kappa shape index (κ3) is 3.03. The minimum Gasteiger partial charge on any atom is -0.289 e. The Bertz CT molecular complexity index is 598. The van der Waals surface area contributed by atoms with E-state index in [1.54, 1.807) is 30.4 Å². The molecule has 0 aromatic heterocycles. The van der Waals surface area contributed by atoms with Crippen molar-refractivity contribution >= 4 is 63.5 Å². The fraction of sp³-hybridized carbons (Fsp3) is 0.0769. The monoisotopic (exact) mass is 329 g/mol. The molecule has 1 aliphatic rings. The number of carbonyl (C=O) groups is 1. The lowest BCUT2D eigenvalue weighted by atomic mass is 10.2. The number of halogens is 2.